The summed E-state index contributed by atoms with van der Waals surface area (Å²) >= 11 is 0. The summed E-state index contributed by atoms with van der Waals surface area (Å²) < 4.78 is 10.9. The average Bonchev–Trinajstić information content (AvgIpc) is 3.27. The largest absolute Gasteiger partial charge is 0.507 e. The van der Waals surface area contributed by atoms with Crippen molar-refractivity contribution in [2.24, 2.45) is 0 Å². The Morgan fingerprint density at radius 2 is 1.94 bits per heavy atom. The van der Waals surface area contributed by atoms with Crippen molar-refractivity contribution in [3.63, 3.8) is 0 Å². The fourth-order valence-corrected chi connectivity index (χ4v) is 4.31. The molecule has 2 aromatic carbocycles. The van der Waals surface area contributed by atoms with Crippen LogP contribution in [0.2, 0.25) is 0 Å². The number of aliphatic hydroxyl groups excluding tert-OH is 1. The third kappa shape index (κ3) is 3.83. The van der Waals surface area contributed by atoms with E-state index in [1.807, 2.05) is 37.3 Å². The van der Waals surface area contributed by atoms with Crippen molar-refractivity contribution in [3.8, 4) is 5.75 Å². The molecule has 0 bridgehead atoms. The maximum Gasteiger partial charge on any atom is 0.295 e. The summed E-state index contributed by atoms with van der Waals surface area (Å²) in [7, 11) is 1.55. The number of fused-ring (bicyclic) bond motifs is 1. The van der Waals surface area contributed by atoms with Crippen molar-refractivity contribution in [3.05, 3.63) is 70.3 Å². The first-order valence-electron chi connectivity index (χ1n) is 10.6. The van der Waals surface area contributed by atoms with Gasteiger partial charge >= 0.3 is 0 Å². The number of benzene rings is 2. The fraction of sp³-hybridized carbons (Fsp3) is 0.360. The van der Waals surface area contributed by atoms with Crippen LogP contribution in [0.4, 0.5) is 0 Å². The van der Waals surface area contributed by atoms with Gasteiger partial charge < -0.3 is 19.5 Å². The SMILES string of the molecule is CCc1ccc([C@H]2C(=C(O)c3ccc4c(c3)C[C@H](C)O4)C(=O)C(=O)N2CCOC)cc1. The molecule has 0 unspecified atom stereocenters. The van der Waals surface area contributed by atoms with Crippen LogP contribution >= 0.6 is 0 Å². The van der Waals surface area contributed by atoms with E-state index in [0.29, 0.717) is 12.2 Å². The predicted molar refractivity (Wildman–Crippen MR) is 117 cm³/mol. The molecule has 1 amide bonds. The predicted octanol–water partition coefficient (Wildman–Crippen LogP) is 3.64. The summed E-state index contributed by atoms with van der Waals surface area (Å²) in [6.07, 6.45) is 1.70. The first-order valence-corrected chi connectivity index (χ1v) is 10.6. The molecule has 0 spiro atoms. The minimum absolute atomic E-state index is 0.0732. The zero-order chi connectivity index (χ0) is 22.1. The van der Waals surface area contributed by atoms with Crippen molar-refractivity contribution in [2.75, 3.05) is 20.3 Å². The van der Waals surface area contributed by atoms with E-state index < -0.39 is 17.7 Å². The van der Waals surface area contributed by atoms with Crippen LogP contribution in [0, 0.1) is 0 Å². The van der Waals surface area contributed by atoms with E-state index in [2.05, 4.69) is 6.92 Å². The summed E-state index contributed by atoms with van der Waals surface area (Å²) in [6.45, 7) is 4.61. The third-order valence-corrected chi connectivity index (χ3v) is 5.95. The molecule has 4 rings (SSSR count). The second kappa shape index (κ2) is 8.55. The first-order chi connectivity index (χ1) is 14.9. The van der Waals surface area contributed by atoms with Crippen molar-refractivity contribution < 1.29 is 24.2 Å². The number of amides is 1. The highest BCUT2D eigenvalue weighted by Gasteiger charge is 2.45. The van der Waals surface area contributed by atoms with E-state index in [9.17, 15) is 14.7 Å². The molecule has 31 heavy (non-hydrogen) atoms. The van der Waals surface area contributed by atoms with Crippen LogP contribution < -0.4 is 4.74 Å². The lowest BCUT2D eigenvalue weighted by Gasteiger charge is -2.25. The number of rotatable bonds is 6. The van der Waals surface area contributed by atoms with E-state index in [0.717, 1.165) is 35.3 Å². The molecule has 0 radical (unpaired) electrons. The van der Waals surface area contributed by atoms with Gasteiger partial charge in [0.15, 0.2) is 0 Å². The summed E-state index contributed by atoms with van der Waals surface area (Å²) in [5, 5.41) is 11.2. The quantitative estimate of drug-likeness (QED) is 0.438. The highest BCUT2D eigenvalue weighted by Crippen LogP contribution is 2.40. The van der Waals surface area contributed by atoms with Gasteiger partial charge in [-0.2, -0.15) is 0 Å². The molecule has 2 heterocycles. The zero-order valence-electron chi connectivity index (χ0n) is 18.1. The molecule has 0 aromatic heterocycles. The molecule has 6 nitrogen and oxygen atoms in total. The maximum absolute atomic E-state index is 13.0. The summed E-state index contributed by atoms with van der Waals surface area (Å²) in [5.41, 5.74) is 3.54. The minimum atomic E-state index is -0.678. The Morgan fingerprint density at radius 1 is 1.19 bits per heavy atom. The Hall–Kier alpha value is -3.12. The van der Waals surface area contributed by atoms with Crippen LogP contribution in [0.5, 0.6) is 5.75 Å². The Bertz CT molecular complexity index is 1040. The lowest BCUT2D eigenvalue weighted by Crippen LogP contribution is -2.32. The molecule has 162 valence electrons. The van der Waals surface area contributed by atoms with Gasteiger partial charge in [-0.3, -0.25) is 9.59 Å². The van der Waals surface area contributed by atoms with Gasteiger partial charge in [0.2, 0.25) is 0 Å². The number of aliphatic hydroxyl groups is 1. The van der Waals surface area contributed by atoms with E-state index in [1.165, 1.54) is 4.90 Å². The number of carbonyl (C=O) groups is 2. The first kappa shape index (κ1) is 21.1. The lowest BCUT2D eigenvalue weighted by atomic mass is 9.93. The monoisotopic (exact) mass is 421 g/mol. The number of hydrogen-bond donors (Lipinski definition) is 1. The molecular formula is C25H27NO5. The highest BCUT2D eigenvalue weighted by molar-refractivity contribution is 6.46. The Labute approximate surface area is 182 Å². The van der Waals surface area contributed by atoms with Gasteiger partial charge in [-0.05, 0) is 48.2 Å². The number of Topliss-reactive ketones (excluding diaryl/α,β-unsaturated/α-hetero) is 1. The molecule has 2 aromatic rings. The van der Waals surface area contributed by atoms with Crippen LogP contribution in [0.25, 0.3) is 5.76 Å². The van der Waals surface area contributed by atoms with Crippen LogP contribution in [0.1, 0.15) is 42.1 Å². The Balaban J connectivity index is 1.81. The second-order valence-corrected chi connectivity index (χ2v) is 8.04. The smallest absolute Gasteiger partial charge is 0.295 e. The lowest BCUT2D eigenvalue weighted by molar-refractivity contribution is -0.140. The number of methoxy groups -OCH3 is 1. The van der Waals surface area contributed by atoms with Gasteiger partial charge in [0.05, 0.1) is 18.2 Å². The van der Waals surface area contributed by atoms with Crippen molar-refractivity contribution >= 4 is 17.4 Å². The van der Waals surface area contributed by atoms with E-state index in [-0.39, 0.29) is 24.0 Å². The maximum atomic E-state index is 13.0. The third-order valence-electron chi connectivity index (χ3n) is 5.95. The van der Waals surface area contributed by atoms with Crippen molar-refractivity contribution in [1.29, 1.82) is 0 Å². The number of hydrogen-bond acceptors (Lipinski definition) is 5. The van der Waals surface area contributed by atoms with Gasteiger partial charge in [-0.15, -0.1) is 0 Å². The van der Waals surface area contributed by atoms with Gasteiger partial charge in [-0.25, -0.2) is 0 Å². The van der Waals surface area contributed by atoms with Gasteiger partial charge in [0, 0.05) is 25.6 Å². The molecule has 0 aliphatic carbocycles. The number of likely N-dealkylation sites (tertiary alicyclic amines) is 1. The number of ether oxygens (including phenoxy) is 2. The molecule has 0 saturated carbocycles. The van der Waals surface area contributed by atoms with Gasteiger partial charge in [0.1, 0.15) is 17.6 Å². The molecule has 6 heteroatoms. The highest BCUT2D eigenvalue weighted by atomic mass is 16.5. The standard InChI is InChI=1S/C25H27NO5/c1-4-16-5-7-17(8-6-16)22-21(24(28)25(29)26(22)11-12-30-3)23(27)18-9-10-20-19(14-18)13-15(2)31-20/h5-10,14-15,22,27H,4,11-13H2,1-3H3/t15-,22-/m0/s1. The van der Waals surface area contributed by atoms with Crippen molar-refractivity contribution in [2.45, 2.75) is 38.8 Å². The molecular weight excluding hydrogens is 394 g/mol. The van der Waals surface area contributed by atoms with Gasteiger partial charge in [0.25, 0.3) is 11.7 Å². The molecule has 1 saturated heterocycles. The summed E-state index contributed by atoms with van der Waals surface area (Å²) in [4.78, 5) is 27.3. The molecule has 2 aliphatic heterocycles. The number of aryl methyl sites for hydroxylation is 1. The van der Waals surface area contributed by atoms with E-state index >= 15 is 0 Å². The van der Waals surface area contributed by atoms with Crippen LogP contribution in [0.15, 0.2) is 48.0 Å². The zero-order valence-corrected chi connectivity index (χ0v) is 18.1. The number of ketones is 1. The Morgan fingerprint density at radius 3 is 2.61 bits per heavy atom. The normalized spacial score (nSPS) is 22.0. The van der Waals surface area contributed by atoms with Crippen LogP contribution in [-0.4, -0.2) is 48.1 Å². The number of carbonyl (C=O) groups excluding carboxylic acids is 2. The van der Waals surface area contributed by atoms with Crippen LogP contribution in [0.3, 0.4) is 0 Å². The molecule has 1 fully saturated rings. The fourth-order valence-electron chi connectivity index (χ4n) is 4.31. The Kier molecular flexibility index (Phi) is 5.83. The summed E-state index contributed by atoms with van der Waals surface area (Å²) in [5.74, 6) is -0.675. The average molecular weight is 421 g/mol. The molecule has 1 N–H and O–H groups in total. The number of nitrogens with zero attached hydrogens (tertiary/aromatic N) is 1. The van der Waals surface area contributed by atoms with Crippen molar-refractivity contribution in [1.82, 2.24) is 4.90 Å². The topological polar surface area (TPSA) is 76.1 Å². The molecule has 2 aliphatic rings. The second-order valence-electron chi connectivity index (χ2n) is 8.04. The summed E-state index contributed by atoms with van der Waals surface area (Å²) in [6, 6.07) is 12.5. The van der Waals surface area contributed by atoms with E-state index in [4.69, 9.17) is 9.47 Å². The van der Waals surface area contributed by atoms with Gasteiger partial charge in [-0.1, -0.05) is 31.2 Å². The van der Waals surface area contributed by atoms with Crippen LogP contribution in [-0.2, 0) is 27.2 Å². The molecule has 2 atom stereocenters. The minimum Gasteiger partial charge on any atom is -0.507 e. The van der Waals surface area contributed by atoms with E-state index in [1.54, 1.807) is 19.2 Å².